The molecule has 0 bridgehead atoms. The summed E-state index contributed by atoms with van der Waals surface area (Å²) in [6, 6.07) is 15.7. The molecule has 4 heteroatoms. The van der Waals surface area contributed by atoms with E-state index in [4.69, 9.17) is 0 Å². The normalized spacial score (nSPS) is 14.3. The molecule has 0 saturated heterocycles. The van der Waals surface area contributed by atoms with Crippen LogP contribution in [0, 0.1) is 0 Å². The standard InChI is InChI=1S/C17H15N3O/c21-17(16-10-15(19-20-16)12-8-9-12)18-14-7-3-5-11-4-1-2-6-13(11)14/h1-7,10,12H,8-9H2,(H,18,21)(H,19,20). The topological polar surface area (TPSA) is 57.8 Å². The van der Waals surface area contributed by atoms with Gasteiger partial charge in [-0.15, -0.1) is 0 Å². The Kier molecular flexibility index (Phi) is 2.74. The number of fused-ring (bicyclic) bond motifs is 1. The smallest absolute Gasteiger partial charge is 0.276 e. The minimum absolute atomic E-state index is 0.172. The fourth-order valence-electron chi connectivity index (χ4n) is 2.58. The van der Waals surface area contributed by atoms with Crippen molar-refractivity contribution in [2.45, 2.75) is 18.8 Å². The highest BCUT2D eigenvalue weighted by Gasteiger charge is 2.26. The number of amides is 1. The van der Waals surface area contributed by atoms with Crippen LogP contribution in [0.5, 0.6) is 0 Å². The molecule has 2 aromatic carbocycles. The lowest BCUT2D eigenvalue weighted by Crippen LogP contribution is -2.12. The summed E-state index contributed by atoms with van der Waals surface area (Å²) in [4.78, 5) is 12.3. The molecule has 0 spiro atoms. The molecule has 1 aliphatic rings. The summed E-state index contributed by atoms with van der Waals surface area (Å²) in [7, 11) is 0. The fraction of sp³-hybridized carbons (Fsp3) is 0.176. The molecule has 1 heterocycles. The first-order valence-electron chi connectivity index (χ1n) is 7.16. The van der Waals surface area contributed by atoms with Crippen molar-refractivity contribution in [3.63, 3.8) is 0 Å². The van der Waals surface area contributed by atoms with Gasteiger partial charge in [0.2, 0.25) is 0 Å². The van der Waals surface area contributed by atoms with Crippen molar-refractivity contribution in [1.82, 2.24) is 10.2 Å². The average molecular weight is 277 g/mol. The summed E-state index contributed by atoms with van der Waals surface area (Å²) < 4.78 is 0. The minimum Gasteiger partial charge on any atom is -0.320 e. The lowest BCUT2D eigenvalue weighted by molar-refractivity contribution is 0.102. The Morgan fingerprint density at radius 3 is 2.81 bits per heavy atom. The van der Waals surface area contributed by atoms with Gasteiger partial charge in [0.15, 0.2) is 5.69 Å². The molecule has 4 rings (SSSR count). The van der Waals surface area contributed by atoms with E-state index in [9.17, 15) is 4.79 Å². The van der Waals surface area contributed by atoms with E-state index in [0.717, 1.165) is 22.2 Å². The van der Waals surface area contributed by atoms with Crippen LogP contribution >= 0.6 is 0 Å². The van der Waals surface area contributed by atoms with Crippen molar-refractivity contribution in [2.24, 2.45) is 0 Å². The van der Waals surface area contributed by atoms with E-state index in [-0.39, 0.29) is 5.91 Å². The van der Waals surface area contributed by atoms with Gasteiger partial charge in [-0.3, -0.25) is 9.89 Å². The van der Waals surface area contributed by atoms with Crippen molar-refractivity contribution in [2.75, 3.05) is 5.32 Å². The van der Waals surface area contributed by atoms with Gasteiger partial charge in [-0.05, 0) is 30.4 Å². The molecular weight excluding hydrogens is 262 g/mol. The summed E-state index contributed by atoms with van der Waals surface area (Å²) in [6.07, 6.45) is 2.37. The second-order valence-corrected chi connectivity index (χ2v) is 5.46. The van der Waals surface area contributed by atoms with Crippen LogP contribution in [-0.4, -0.2) is 16.1 Å². The molecule has 2 N–H and O–H groups in total. The monoisotopic (exact) mass is 277 g/mol. The number of rotatable bonds is 3. The fourth-order valence-corrected chi connectivity index (χ4v) is 2.58. The first-order chi connectivity index (χ1) is 10.3. The van der Waals surface area contributed by atoms with E-state index >= 15 is 0 Å². The van der Waals surface area contributed by atoms with Crippen molar-refractivity contribution < 1.29 is 4.79 Å². The molecular formula is C17H15N3O. The predicted molar refractivity (Wildman–Crippen MR) is 82.5 cm³/mol. The third-order valence-corrected chi connectivity index (χ3v) is 3.89. The summed E-state index contributed by atoms with van der Waals surface area (Å²) in [5.74, 6) is 0.395. The first kappa shape index (κ1) is 12.1. The molecule has 0 atom stereocenters. The molecule has 4 nitrogen and oxygen atoms in total. The molecule has 1 aliphatic carbocycles. The Balaban J connectivity index is 1.62. The number of anilines is 1. The van der Waals surface area contributed by atoms with Crippen molar-refractivity contribution >= 4 is 22.4 Å². The highest BCUT2D eigenvalue weighted by Crippen LogP contribution is 2.39. The lowest BCUT2D eigenvalue weighted by Gasteiger charge is -2.07. The zero-order chi connectivity index (χ0) is 14.2. The highest BCUT2D eigenvalue weighted by atomic mass is 16.1. The minimum atomic E-state index is -0.172. The summed E-state index contributed by atoms with van der Waals surface area (Å²) >= 11 is 0. The molecule has 0 aliphatic heterocycles. The number of aromatic nitrogens is 2. The Bertz CT molecular complexity index is 812. The number of nitrogens with one attached hydrogen (secondary N) is 2. The second-order valence-electron chi connectivity index (χ2n) is 5.46. The van der Waals surface area contributed by atoms with Crippen LogP contribution in [0.25, 0.3) is 10.8 Å². The zero-order valence-corrected chi connectivity index (χ0v) is 11.5. The molecule has 0 unspecified atom stereocenters. The Morgan fingerprint density at radius 1 is 1.14 bits per heavy atom. The molecule has 104 valence electrons. The Morgan fingerprint density at radius 2 is 1.95 bits per heavy atom. The van der Waals surface area contributed by atoms with Gasteiger partial charge in [-0.2, -0.15) is 5.10 Å². The van der Waals surface area contributed by atoms with Crippen LogP contribution < -0.4 is 5.32 Å². The van der Waals surface area contributed by atoms with Gasteiger partial charge in [0, 0.05) is 22.7 Å². The summed E-state index contributed by atoms with van der Waals surface area (Å²) in [5, 5.41) is 12.2. The molecule has 1 fully saturated rings. The van der Waals surface area contributed by atoms with Gasteiger partial charge in [-0.1, -0.05) is 36.4 Å². The maximum Gasteiger partial charge on any atom is 0.276 e. The number of hydrogen-bond donors (Lipinski definition) is 2. The van der Waals surface area contributed by atoms with Gasteiger partial charge in [0.05, 0.1) is 0 Å². The van der Waals surface area contributed by atoms with Crippen LogP contribution in [0.4, 0.5) is 5.69 Å². The van der Waals surface area contributed by atoms with Crippen LogP contribution in [0.2, 0.25) is 0 Å². The summed E-state index contributed by atoms with van der Waals surface area (Å²) in [6.45, 7) is 0. The van der Waals surface area contributed by atoms with Gasteiger partial charge in [0.1, 0.15) is 0 Å². The molecule has 0 radical (unpaired) electrons. The van der Waals surface area contributed by atoms with E-state index in [1.165, 1.54) is 12.8 Å². The zero-order valence-electron chi connectivity index (χ0n) is 11.5. The van der Waals surface area contributed by atoms with E-state index in [1.54, 1.807) is 0 Å². The van der Waals surface area contributed by atoms with Crippen molar-refractivity contribution in [3.05, 3.63) is 59.9 Å². The van der Waals surface area contributed by atoms with Crippen LogP contribution in [-0.2, 0) is 0 Å². The maximum absolute atomic E-state index is 12.3. The molecule has 1 aromatic heterocycles. The number of benzene rings is 2. The number of H-pyrrole nitrogens is 1. The van der Waals surface area contributed by atoms with Gasteiger partial charge in [0.25, 0.3) is 5.91 Å². The number of carbonyl (C=O) groups excluding carboxylic acids is 1. The molecule has 1 amide bonds. The SMILES string of the molecule is O=C(Nc1cccc2ccccc12)c1cc(C2CC2)[nH]n1. The van der Waals surface area contributed by atoms with Gasteiger partial charge in [-0.25, -0.2) is 0 Å². The summed E-state index contributed by atoms with van der Waals surface area (Å²) in [5.41, 5.74) is 2.33. The van der Waals surface area contributed by atoms with Crippen molar-refractivity contribution in [1.29, 1.82) is 0 Å². The third-order valence-electron chi connectivity index (χ3n) is 3.89. The van der Waals surface area contributed by atoms with Gasteiger partial charge >= 0.3 is 0 Å². The number of aromatic amines is 1. The van der Waals surface area contributed by atoms with E-state index in [2.05, 4.69) is 15.5 Å². The lowest BCUT2D eigenvalue weighted by atomic mass is 10.1. The molecule has 1 saturated carbocycles. The van der Waals surface area contributed by atoms with Crippen LogP contribution in [0.3, 0.4) is 0 Å². The maximum atomic E-state index is 12.3. The first-order valence-corrected chi connectivity index (χ1v) is 7.16. The third kappa shape index (κ3) is 2.29. The number of hydrogen-bond acceptors (Lipinski definition) is 2. The quantitative estimate of drug-likeness (QED) is 0.767. The van der Waals surface area contributed by atoms with Crippen LogP contribution in [0.1, 0.15) is 34.9 Å². The predicted octanol–water partition coefficient (Wildman–Crippen LogP) is 3.69. The van der Waals surface area contributed by atoms with Crippen LogP contribution in [0.15, 0.2) is 48.5 Å². The Labute approximate surface area is 122 Å². The number of nitrogens with zero attached hydrogens (tertiary/aromatic N) is 1. The average Bonchev–Trinajstić information content (AvgIpc) is 3.25. The van der Waals surface area contributed by atoms with E-state index in [1.807, 2.05) is 48.5 Å². The van der Waals surface area contributed by atoms with E-state index in [0.29, 0.717) is 11.6 Å². The number of carbonyl (C=O) groups is 1. The largest absolute Gasteiger partial charge is 0.320 e. The molecule has 21 heavy (non-hydrogen) atoms. The van der Waals surface area contributed by atoms with E-state index < -0.39 is 0 Å². The Hall–Kier alpha value is -2.62. The second kappa shape index (κ2) is 4.74. The molecule has 3 aromatic rings. The van der Waals surface area contributed by atoms with Crippen molar-refractivity contribution in [3.8, 4) is 0 Å². The highest BCUT2D eigenvalue weighted by molar-refractivity contribution is 6.08. The van der Waals surface area contributed by atoms with Gasteiger partial charge < -0.3 is 5.32 Å².